The van der Waals surface area contributed by atoms with E-state index in [-0.39, 0.29) is 17.5 Å². The van der Waals surface area contributed by atoms with Gasteiger partial charge >= 0.3 is 0 Å². The first kappa shape index (κ1) is 23.4. The fraction of sp³-hybridized carbons (Fsp3) is 0.276. The van der Waals surface area contributed by atoms with Crippen LogP contribution >= 0.6 is 11.8 Å². The van der Waals surface area contributed by atoms with Gasteiger partial charge in [0.05, 0.1) is 17.4 Å². The molecule has 0 unspecified atom stereocenters. The molecule has 1 amide bonds. The molecule has 1 fully saturated rings. The van der Waals surface area contributed by atoms with Crippen LogP contribution in [0.3, 0.4) is 0 Å². The van der Waals surface area contributed by atoms with Gasteiger partial charge in [0.15, 0.2) is 5.16 Å². The summed E-state index contributed by atoms with van der Waals surface area (Å²) in [7, 11) is 0. The van der Waals surface area contributed by atoms with Crippen molar-refractivity contribution < 1.29 is 4.79 Å². The van der Waals surface area contributed by atoms with Gasteiger partial charge in [0.1, 0.15) is 0 Å². The molecule has 0 spiro atoms. The van der Waals surface area contributed by atoms with Crippen molar-refractivity contribution in [3.8, 4) is 0 Å². The molecule has 0 saturated heterocycles. The lowest BCUT2D eigenvalue weighted by molar-refractivity contribution is 0.0938. The van der Waals surface area contributed by atoms with Crippen molar-refractivity contribution >= 4 is 28.6 Å². The lowest BCUT2D eigenvalue weighted by Gasteiger charge is -2.14. The maximum absolute atomic E-state index is 13.4. The Morgan fingerprint density at radius 2 is 1.77 bits per heavy atom. The third-order valence-corrected chi connectivity index (χ3v) is 7.57. The van der Waals surface area contributed by atoms with Crippen molar-refractivity contribution in [2.75, 3.05) is 0 Å². The van der Waals surface area contributed by atoms with Crippen molar-refractivity contribution in [3.05, 3.63) is 105 Å². The Morgan fingerprint density at radius 3 is 2.54 bits per heavy atom. The number of hydrogen-bond acceptors (Lipinski definition) is 4. The largest absolute Gasteiger partial charge is 0.349 e. The van der Waals surface area contributed by atoms with Crippen LogP contribution in [-0.2, 0) is 12.3 Å². The Labute approximate surface area is 209 Å². The predicted octanol–water partition coefficient (Wildman–Crippen LogP) is 5.72. The number of benzene rings is 3. The number of nitrogens with one attached hydrogen (secondary N) is 1. The summed E-state index contributed by atoms with van der Waals surface area (Å²) >= 11 is 1.57. The molecule has 0 radical (unpaired) electrons. The smallest absolute Gasteiger partial charge is 0.262 e. The fourth-order valence-corrected chi connectivity index (χ4v) is 5.57. The number of amides is 1. The number of thioether (sulfide) groups is 1. The van der Waals surface area contributed by atoms with E-state index in [4.69, 9.17) is 4.98 Å². The van der Waals surface area contributed by atoms with Gasteiger partial charge in [-0.15, -0.1) is 0 Å². The summed E-state index contributed by atoms with van der Waals surface area (Å²) in [6.45, 7) is 2.48. The quantitative estimate of drug-likeness (QED) is 0.270. The van der Waals surface area contributed by atoms with Gasteiger partial charge in [-0.05, 0) is 55.2 Å². The van der Waals surface area contributed by atoms with Gasteiger partial charge in [0.2, 0.25) is 0 Å². The molecule has 4 aromatic rings. The van der Waals surface area contributed by atoms with E-state index in [1.165, 1.54) is 24.0 Å². The van der Waals surface area contributed by atoms with Crippen molar-refractivity contribution in [2.24, 2.45) is 0 Å². The number of hydrogen-bond donors (Lipinski definition) is 1. The van der Waals surface area contributed by atoms with Gasteiger partial charge in [0.25, 0.3) is 11.5 Å². The Balaban J connectivity index is 1.40. The van der Waals surface area contributed by atoms with Gasteiger partial charge in [-0.2, -0.15) is 0 Å². The molecule has 35 heavy (non-hydrogen) atoms. The molecule has 1 heterocycles. The summed E-state index contributed by atoms with van der Waals surface area (Å²) in [5.41, 5.74) is 4.67. The van der Waals surface area contributed by atoms with Crippen LogP contribution in [0, 0.1) is 6.92 Å². The highest BCUT2D eigenvalue weighted by Crippen LogP contribution is 2.24. The molecule has 0 aliphatic heterocycles. The highest BCUT2D eigenvalue weighted by Gasteiger charge is 2.18. The second-order valence-electron chi connectivity index (χ2n) is 9.23. The zero-order valence-electron chi connectivity index (χ0n) is 19.9. The number of para-hydroxylation sites is 1. The van der Waals surface area contributed by atoms with Crippen LogP contribution in [0.4, 0.5) is 0 Å². The summed E-state index contributed by atoms with van der Waals surface area (Å²) in [4.78, 5) is 30.9. The van der Waals surface area contributed by atoms with Crippen LogP contribution in [0.2, 0.25) is 0 Å². The summed E-state index contributed by atoms with van der Waals surface area (Å²) in [5.74, 6) is 0.703. The van der Waals surface area contributed by atoms with Crippen LogP contribution in [-0.4, -0.2) is 21.5 Å². The third-order valence-electron chi connectivity index (χ3n) is 6.52. The average Bonchev–Trinajstić information content (AvgIpc) is 3.38. The van der Waals surface area contributed by atoms with E-state index in [0.29, 0.717) is 28.2 Å². The molecule has 5 rings (SSSR count). The van der Waals surface area contributed by atoms with Gasteiger partial charge < -0.3 is 5.32 Å². The van der Waals surface area contributed by atoms with E-state index in [0.717, 1.165) is 24.2 Å². The number of fused-ring (bicyclic) bond motifs is 1. The predicted molar refractivity (Wildman–Crippen MR) is 142 cm³/mol. The van der Waals surface area contributed by atoms with Gasteiger partial charge in [-0.1, -0.05) is 78.7 Å². The number of aromatic nitrogens is 2. The maximum atomic E-state index is 13.4. The first-order valence-corrected chi connectivity index (χ1v) is 13.1. The van der Waals surface area contributed by atoms with Crippen LogP contribution in [0.5, 0.6) is 0 Å². The van der Waals surface area contributed by atoms with Crippen LogP contribution in [0.1, 0.15) is 52.7 Å². The van der Waals surface area contributed by atoms with Gasteiger partial charge in [-0.25, -0.2) is 4.98 Å². The zero-order valence-corrected chi connectivity index (χ0v) is 20.7. The fourth-order valence-electron chi connectivity index (χ4n) is 4.63. The maximum Gasteiger partial charge on any atom is 0.262 e. The van der Waals surface area contributed by atoms with Crippen LogP contribution in [0.25, 0.3) is 10.9 Å². The van der Waals surface area contributed by atoms with Crippen LogP contribution in [0.15, 0.2) is 82.7 Å². The molecule has 0 bridgehead atoms. The molecule has 1 aliphatic carbocycles. The molecule has 1 aromatic heterocycles. The number of rotatable bonds is 7. The molecular formula is C29H29N3O2S. The molecule has 5 nitrogen and oxygen atoms in total. The van der Waals surface area contributed by atoms with Gasteiger partial charge in [0, 0.05) is 17.4 Å². The number of aryl methyl sites for hydroxylation is 1. The molecular weight excluding hydrogens is 454 g/mol. The molecule has 0 atom stereocenters. The molecule has 3 aromatic carbocycles. The standard InChI is InChI=1S/C29H29N3O2S/c1-20-7-6-8-22(17-20)19-35-29-31-26-12-5-4-11-25(26)28(34)32(29)18-21-13-15-23(16-14-21)27(33)30-24-9-2-3-10-24/h4-8,11-17,24H,2-3,9-10,18-19H2,1H3,(H,30,33). The van der Waals surface area contributed by atoms with E-state index in [1.54, 1.807) is 16.3 Å². The summed E-state index contributed by atoms with van der Waals surface area (Å²) < 4.78 is 1.75. The molecule has 1 saturated carbocycles. The minimum atomic E-state index is -0.0506. The second-order valence-corrected chi connectivity index (χ2v) is 10.2. The molecule has 1 N–H and O–H groups in total. The van der Waals surface area contributed by atoms with E-state index in [9.17, 15) is 9.59 Å². The zero-order chi connectivity index (χ0) is 24.2. The first-order valence-electron chi connectivity index (χ1n) is 12.1. The summed E-state index contributed by atoms with van der Waals surface area (Å²) in [6.07, 6.45) is 4.49. The normalized spacial score (nSPS) is 13.9. The number of carbonyl (C=O) groups is 1. The van der Waals surface area contributed by atoms with E-state index < -0.39 is 0 Å². The van der Waals surface area contributed by atoms with E-state index >= 15 is 0 Å². The third kappa shape index (κ3) is 5.49. The number of carbonyl (C=O) groups excluding carboxylic acids is 1. The molecule has 1 aliphatic rings. The van der Waals surface area contributed by atoms with Crippen molar-refractivity contribution in [1.29, 1.82) is 0 Å². The Bertz CT molecular complexity index is 1410. The summed E-state index contributed by atoms with van der Waals surface area (Å²) in [5, 5.41) is 4.44. The van der Waals surface area contributed by atoms with Crippen molar-refractivity contribution in [3.63, 3.8) is 0 Å². The monoisotopic (exact) mass is 483 g/mol. The molecule has 6 heteroatoms. The van der Waals surface area contributed by atoms with Crippen molar-refractivity contribution in [2.45, 2.75) is 56.1 Å². The SMILES string of the molecule is Cc1cccc(CSc2nc3ccccc3c(=O)n2Cc2ccc(C(=O)NC3CCCC3)cc2)c1. The Morgan fingerprint density at radius 1 is 1.00 bits per heavy atom. The Hall–Kier alpha value is -3.38. The molecule has 178 valence electrons. The minimum absolute atomic E-state index is 0.0256. The van der Waals surface area contributed by atoms with E-state index in [1.807, 2.05) is 48.5 Å². The van der Waals surface area contributed by atoms with E-state index in [2.05, 4.69) is 36.5 Å². The van der Waals surface area contributed by atoms with Crippen molar-refractivity contribution in [1.82, 2.24) is 14.9 Å². The lowest BCUT2D eigenvalue weighted by atomic mass is 10.1. The second kappa shape index (κ2) is 10.5. The average molecular weight is 484 g/mol. The Kier molecular flexibility index (Phi) is 7.00. The highest BCUT2D eigenvalue weighted by atomic mass is 32.2. The lowest BCUT2D eigenvalue weighted by Crippen LogP contribution is -2.32. The topological polar surface area (TPSA) is 64.0 Å². The van der Waals surface area contributed by atoms with Crippen LogP contribution < -0.4 is 10.9 Å². The minimum Gasteiger partial charge on any atom is -0.349 e. The number of nitrogens with zero attached hydrogens (tertiary/aromatic N) is 2. The van der Waals surface area contributed by atoms with Gasteiger partial charge in [-0.3, -0.25) is 14.2 Å². The summed E-state index contributed by atoms with van der Waals surface area (Å²) in [6, 6.07) is 23.7. The first-order chi connectivity index (χ1) is 17.1. The highest BCUT2D eigenvalue weighted by molar-refractivity contribution is 7.98.